The molecule has 7 heteroatoms. The number of hydrogen-bond donors (Lipinski definition) is 1. The van der Waals surface area contributed by atoms with E-state index in [4.69, 9.17) is 0 Å². The molecular weight excluding hydrogens is 352 g/mol. The lowest BCUT2D eigenvalue weighted by Crippen LogP contribution is -2.49. The van der Waals surface area contributed by atoms with Gasteiger partial charge in [0, 0.05) is 12.5 Å². The van der Waals surface area contributed by atoms with Crippen LogP contribution in [0.1, 0.15) is 56.9 Å². The van der Waals surface area contributed by atoms with Crippen molar-refractivity contribution in [2.75, 3.05) is 0 Å². The van der Waals surface area contributed by atoms with Crippen molar-refractivity contribution in [1.29, 1.82) is 0 Å². The Hall–Kier alpha value is -1.89. The number of nitrogens with one attached hydrogen (secondary N) is 1. The molecule has 0 radical (unpaired) electrons. The molecule has 1 aromatic rings. The van der Waals surface area contributed by atoms with Gasteiger partial charge in [0.2, 0.25) is 11.8 Å². The van der Waals surface area contributed by atoms with Gasteiger partial charge < -0.3 is 5.32 Å². The van der Waals surface area contributed by atoms with Crippen LogP contribution in [-0.4, -0.2) is 36.6 Å². The van der Waals surface area contributed by atoms with Crippen LogP contribution in [-0.2, 0) is 19.6 Å². The molecule has 2 aliphatic rings. The van der Waals surface area contributed by atoms with Crippen LogP contribution in [0.15, 0.2) is 29.2 Å². The molecule has 1 atom stereocenters. The molecule has 1 saturated heterocycles. The van der Waals surface area contributed by atoms with Gasteiger partial charge in [0.25, 0.3) is 10.0 Å². The number of carbonyl (C=O) groups excluding carboxylic acids is 2. The molecule has 142 valence electrons. The molecule has 6 nitrogen and oxygen atoms in total. The number of aryl methyl sites for hydroxylation is 1. The zero-order valence-corrected chi connectivity index (χ0v) is 15.9. The Morgan fingerprint density at radius 3 is 2.27 bits per heavy atom. The Kier molecular flexibility index (Phi) is 5.65. The molecule has 0 bridgehead atoms. The van der Waals surface area contributed by atoms with Crippen LogP contribution in [0.2, 0.25) is 0 Å². The van der Waals surface area contributed by atoms with Gasteiger partial charge in [-0.25, -0.2) is 12.7 Å². The van der Waals surface area contributed by atoms with Gasteiger partial charge >= 0.3 is 0 Å². The summed E-state index contributed by atoms with van der Waals surface area (Å²) in [4.78, 5) is 25.1. The molecule has 1 aliphatic heterocycles. The van der Waals surface area contributed by atoms with E-state index in [9.17, 15) is 18.0 Å². The van der Waals surface area contributed by atoms with E-state index in [-0.39, 0.29) is 29.7 Å². The molecule has 26 heavy (non-hydrogen) atoms. The monoisotopic (exact) mass is 378 g/mol. The van der Waals surface area contributed by atoms with E-state index in [0.717, 1.165) is 35.6 Å². The second kappa shape index (κ2) is 7.78. The molecular formula is C19H26N2O4S. The van der Waals surface area contributed by atoms with Crippen molar-refractivity contribution in [3.05, 3.63) is 29.8 Å². The van der Waals surface area contributed by atoms with Crippen LogP contribution in [0.25, 0.3) is 0 Å². The summed E-state index contributed by atoms with van der Waals surface area (Å²) >= 11 is 0. The maximum absolute atomic E-state index is 12.9. The van der Waals surface area contributed by atoms with Crippen LogP contribution >= 0.6 is 0 Å². The number of rotatable bonds is 4. The zero-order chi connectivity index (χ0) is 18.7. The first kappa shape index (κ1) is 18.9. The minimum atomic E-state index is -4.02. The lowest BCUT2D eigenvalue weighted by molar-refractivity contribution is -0.131. The molecule has 0 aromatic heterocycles. The van der Waals surface area contributed by atoms with Gasteiger partial charge in [0.05, 0.1) is 4.90 Å². The predicted octanol–water partition coefficient (Wildman–Crippen LogP) is 2.51. The summed E-state index contributed by atoms with van der Waals surface area (Å²) in [7, 11) is -4.02. The Bertz CT molecular complexity index is 765. The Morgan fingerprint density at radius 2 is 1.65 bits per heavy atom. The molecule has 1 unspecified atom stereocenters. The Labute approximate surface area is 155 Å². The standard InChI is InChI=1S/C19H26N2O4S/c1-14-8-10-16(11-9-14)26(24,25)21-17(12-13-18(21)22)19(23)20-15-6-4-2-3-5-7-15/h8-11,15,17H,2-7,12-13H2,1H3,(H,20,23). The third-order valence-electron chi connectivity index (χ3n) is 5.24. The summed E-state index contributed by atoms with van der Waals surface area (Å²) in [6.45, 7) is 1.86. The minimum Gasteiger partial charge on any atom is -0.352 e. The summed E-state index contributed by atoms with van der Waals surface area (Å²) in [5.41, 5.74) is 0.930. The molecule has 0 spiro atoms. The van der Waals surface area contributed by atoms with E-state index >= 15 is 0 Å². The summed E-state index contributed by atoms with van der Waals surface area (Å²) < 4.78 is 26.7. The first-order valence-corrected chi connectivity index (χ1v) is 10.8. The van der Waals surface area contributed by atoms with Crippen LogP contribution in [0, 0.1) is 6.92 Å². The molecule has 1 aromatic carbocycles. The van der Waals surface area contributed by atoms with Crippen LogP contribution in [0.5, 0.6) is 0 Å². The predicted molar refractivity (Wildman–Crippen MR) is 97.9 cm³/mol. The SMILES string of the molecule is Cc1ccc(S(=O)(=O)N2C(=O)CCC2C(=O)NC2CCCCCC2)cc1. The Balaban J connectivity index is 1.79. The quantitative estimate of drug-likeness (QED) is 0.816. The lowest BCUT2D eigenvalue weighted by Gasteiger charge is -2.26. The molecule has 1 N–H and O–H groups in total. The molecule has 2 fully saturated rings. The first-order chi connectivity index (χ1) is 12.4. The van der Waals surface area contributed by atoms with Crippen molar-refractivity contribution < 1.29 is 18.0 Å². The van der Waals surface area contributed by atoms with Crippen LogP contribution in [0.3, 0.4) is 0 Å². The largest absolute Gasteiger partial charge is 0.352 e. The normalized spacial score (nSPS) is 22.3. The van der Waals surface area contributed by atoms with Gasteiger partial charge in [-0.1, -0.05) is 43.4 Å². The van der Waals surface area contributed by atoms with E-state index in [2.05, 4.69) is 5.32 Å². The van der Waals surface area contributed by atoms with E-state index in [1.165, 1.54) is 25.0 Å². The van der Waals surface area contributed by atoms with Crippen molar-refractivity contribution in [3.63, 3.8) is 0 Å². The summed E-state index contributed by atoms with van der Waals surface area (Å²) in [5, 5.41) is 2.99. The second-order valence-electron chi connectivity index (χ2n) is 7.26. The van der Waals surface area contributed by atoms with Gasteiger partial charge in [0.1, 0.15) is 6.04 Å². The maximum Gasteiger partial charge on any atom is 0.267 e. The van der Waals surface area contributed by atoms with Crippen molar-refractivity contribution in [3.8, 4) is 0 Å². The van der Waals surface area contributed by atoms with Crippen molar-refractivity contribution >= 4 is 21.8 Å². The average Bonchev–Trinajstić information content (AvgIpc) is 2.83. The fraction of sp³-hybridized carbons (Fsp3) is 0.579. The summed E-state index contributed by atoms with van der Waals surface area (Å²) in [6, 6.07) is 5.47. The van der Waals surface area contributed by atoms with Crippen molar-refractivity contribution in [2.24, 2.45) is 0 Å². The highest BCUT2D eigenvalue weighted by molar-refractivity contribution is 7.89. The lowest BCUT2D eigenvalue weighted by atomic mass is 10.1. The third kappa shape index (κ3) is 3.92. The first-order valence-electron chi connectivity index (χ1n) is 9.34. The highest BCUT2D eigenvalue weighted by Gasteiger charge is 2.44. The molecule has 1 aliphatic carbocycles. The third-order valence-corrected chi connectivity index (χ3v) is 7.09. The van der Waals surface area contributed by atoms with Gasteiger partial charge in [-0.2, -0.15) is 0 Å². The number of carbonyl (C=O) groups is 2. The zero-order valence-electron chi connectivity index (χ0n) is 15.1. The summed E-state index contributed by atoms with van der Waals surface area (Å²) in [6.07, 6.45) is 6.62. The van der Waals surface area contributed by atoms with Gasteiger partial charge in [-0.05, 0) is 38.3 Å². The van der Waals surface area contributed by atoms with E-state index in [1.807, 2.05) is 6.92 Å². The minimum absolute atomic E-state index is 0.0469. The highest BCUT2D eigenvalue weighted by atomic mass is 32.2. The average molecular weight is 378 g/mol. The smallest absolute Gasteiger partial charge is 0.267 e. The van der Waals surface area contributed by atoms with Gasteiger partial charge in [0.15, 0.2) is 0 Å². The fourth-order valence-corrected chi connectivity index (χ4v) is 5.35. The van der Waals surface area contributed by atoms with Gasteiger partial charge in [-0.15, -0.1) is 0 Å². The Morgan fingerprint density at radius 1 is 1.04 bits per heavy atom. The maximum atomic E-state index is 12.9. The molecule has 2 amide bonds. The number of hydrogen-bond acceptors (Lipinski definition) is 4. The van der Waals surface area contributed by atoms with Crippen LogP contribution in [0.4, 0.5) is 0 Å². The van der Waals surface area contributed by atoms with E-state index < -0.39 is 22.0 Å². The fourth-order valence-electron chi connectivity index (χ4n) is 3.75. The summed E-state index contributed by atoms with van der Waals surface area (Å²) in [5.74, 6) is -0.856. The van der Waals surface area contributed by atoms with E-state index in [1.54, 1.807) is 12.1 Å². The number of nitrogens with zero attached hydrogens (tertiary/aromatic N) is 1. The number of amides is 2. The number of sulfonamides is 1. The van der Waals surface area contributed by atoms with Crippen LogP contribution < -0.4 is 5.32 Å². The second-order valence-corrected chi connectivity index (χ2v) is 9.07. The van der Waals surface area contributed by atoms with Crippen molar-refractivity contribution in [1.82, 2.24) is 9.62 Å². The van der Waals surface area contributed by atoms with Gasteiger partial charge in [-0.3, -0.25) is 9.59 Å². The van der Waals surface area contributed by atoms with Crippen molar-refractivity contribution in [2.45, 2.75) is 75.3 Å². The molecule has 1 saturated carbocycles. The molecule has 1 heterocycles. The highest BCUT2D eigenvalue weighted by Crippen LogP contribution is 2.28. The topological polar surface area (TPSA) is 83.6 Å². The van der Waals surface area contributed by atoms with E-state index in [0.29, 0.717) is 0 Å². The number of benzene rings is 1. The molecule has 3 rings (SSSR count).